The summed E-state index contributed by atoms with van der Waals surface area (Å²) in [5.41, 5.74) is 0.818. The van der Waals surface area contributed by atoms with Gasteiger partial charge in [0.15, 0.2) is 0 Å². The van der Waals surface area contributed by atoms with Gasteiger partial charge in [-0.1, -0.05) is 0 Å². The fourth-order valence-corrected chi connectivity index (χ4v) is 4.66. The van der Waals surface area contributed by atoms with Crippen molar-refractivity contribution in [2.75, 3.05) is 12.4 Å². The summed E-state index contributed by atoms with van der Waals surface area (Å²) in [6, 6.07) is 4.65. The number of benzene rings is 1. The molecule has 5 heteroatoms. The summed E-state index contributed by atoms with van der Waals surface area (Å²) < 4.78 is 0.155. The molecule has 1 saturated heterocycles. The number of aliphatic hydroxyl groups is 1. The van der Waals surface area contributed by atoms with E-state index in [4.69, 9.17) is 10.2 Å². The number of hydrogen-bond acceptors (Lipinski definition) is 5. The minimum Gasteiger partial charge on any atom is -0.508 e. The Kier molecular flexibility index (Phi) is 3.33. The third-order valence-corrected chi connectivity index (χ3v) is 5.53. The van der Waals surface area contributed by atoms with Crippen LogP contribution >= 0.6 is 23.5 Å². The number of aromatic hydroxyl groups is 2. The third-order valence-electron chi connectivity index (χ3n) is 2.22. The number of phenolic OH excluding ortho intramolecular Hbond substituents is 2. The zero-order valence-electron chi connectivity index (χ0n) is 7.96. The number of aliphatic hydroxyl groups excluding tert-OH is 1. The van der Waals surface area contributed by atoms with Gasteiger partial charge in [0.05, 0.1) is 11.2 Å². The molecule has 0 bridgehead atoms. The lowest BCUT2D eigenvalue weighted by atomic mass is 10.2. The molecule has 2 atom stereocenters. The molecule has 15 heavy (non-hydrogen) atoms. The second kappa shape index (κ2) is 4.55. The Balaban J connectivity index is 2.17. The maximum absolute atomic E-state index is 9.66. The van der Waals surface area contributed by atoms with Crippen LogP contribution in [0.3, 0.4) is 0 Å². The molecule has 3 nitrogen and oxygen atoms in total. The van der Waals surface area contributed by atoms with Crippen LogP contribution in [0.25, 0.3) is 0 Å². The first-order valence-electron chi connectivity index (χ1n) is 4.60. The third kappa shape index (κ3) is 2.35. The zero-order chi connectivity index (χ0) is 10.8. The van der Waals surface area contributed by atoms with Crippen molar-refractivity contribution >= 4 is 23.5 Å². The summed E-state index contributed by atoms with van der Waals surface area (Å²) in [6.45, 7) is 0.174. The molecule has 2 unspecified atom stereocenters. The molecule has 0 saturated carbocycles. The molecule has 1 aliphatic heterocycles. The molecular weight excluding hydrogens is 232 g/mol. The van der Waals surface area contributed by atoms with E-state index >= 15 is 0 Å². The van der Waals surface area contributed by atoms with Crippen LogP contribution in [-0.2, 0) is 0 Å². The van der Waals surface area contributed by atoms with Crippen molar-refractivity contribution < 1.29 is 15.3 Å². The predicted octanol–water partition coefficient (Wildman–Crippen LogP) is 1.94. The minimum absolute atomic E-state index is 0.0722. The monoisotopic (exact) mass is 244 g/mol. The Hall–Kier alpha value is -0.520. The van der Waals surface area contributed by atoms with Crippen molar-refractivity contribution in [1.29, 1.82) is 0 Å². The Morgan fingerprint density at radius 1 is 1.33 bits per heavy atom. The van der Waals surface area contributed by atoms with E-state index in [0.29, 0.717) is 0 Å². The molecule has 1 aromatic rings. The van der Waals surface area contributed by atoms with E-state index in [1.807, 2.05) is 0 Å². The SMILES string of the molecule is OCC1CSC(c2ccc(O)cc2O)S1. The van der Waals surface area contributed by atoms with Gasteiger partial charge in [0.25, 0.3) is 0 Å². The maximum atomic E-state index is 9.66. The van der Waals surface area contributed by atoms with Gasteiger partial charge in [0.1, 0.15) is 11.5 Å². The van der Waals surface area contributed by atoms with Crippen LogP contribution in [0.5, 0.6) is 11.5 Å². The van der Waals surface area contributed by atoms with E-state index in [0.717, 1.165) is 11.3 Å². The lowest BCUT2D eigenvalue weighted by molar-refractivity contribution is 0.301. The highest BCUT2D eigenvalue weighted by atomic mass is 32.2. The van der Waals surface area contributed by atoms with Crippen LogP contribution < -0.4 is 0 Å². The normalized spacial score (nSPS) is 25.7. The second-order valence-electron chi connectivity index (χ2n) is 3.35. The fourth-order valence-electron chi connectivity index (χ4n) is 1.44. The van der Waals surface area contributed by atoms with Crippen LogP contribution in [-0.4, -0.2) is 32.9 Å². The van der Waals surface area contributed by atoms with Gasteiger partial charge in [0, 0.05) is 22.6 Å². The molecule has 1 aromatic carbocycles. The van der Waals surface area contributed by atoms with E-state index < -0.39 is 0 Å². The van der Waals surface area contributed by atoms with Gasteiger partial charge in [-0.3, -0.25) is 0 Å². The molecule has 1 aliphatic rings. The summed E-state index contributed by atoms with van der Waals surface area (Å²) in [4.78, 5) is 0. The number of rotatable bonds is 2. The summed E-state index contributed by atoms with van der Waals surface area (Å²) in [5.74, 6) is 1.09. The predicted molar refractivity (Wildman–Crippen MR) is 63.4 cm³/mol. The van der Waals surface area contributed by atoms with Gasteiger partial charge in [0.2, 0.25) is 0 Å². The molecule has 82 valence electrons. The molecular formula is C10H12O3S2. The lowest BCUT2D eigenvalue weighted by Crippen LogP contribution is -2.05. The molecule has 0 aliphatic carbocycles. The molecule has 1 fully saturated rings. The van der Waals surface area contributed by atoms with Gasteiger partial charge >= 0.3 is 0 Å². The van der Waals surface area contributed by atoms with Crippen molar-refractivity contribution in [1.82, 2.24) is 0 Å². The first-order chi connectivity index (χ1) is 7.20. The number of hydrogen-bond donors (Lipinski definition) is 3. The van der Waals surface area contributed by atoms with Gasteiger partial charge in [-0.25, -0.2) is 0 Å². The lowest BCUT2D eigenvalue weighted by Gasteiger charge is -2.11. The van der Waals surface area contributed by atoms with E-state index in [1.165, 1.54) is 6.07 Å². The summed E-state index contributed by atoms with van der Waals surface area (Å²) >= 11 is 3.36. The van der Waals surface area contributed by atoms with Crippen molar-refractivity contribution in [2.45, 2.75) is 9.83 Å². The zero-order valence-corrected chi connectivity index (χ0v) is 9.59. The van der Waals surface area contributed by atoms with Crippen LogP contribution in [0.15, 0.2) is 18.2 Å². The summed E-state index contributed by atoms with van der Waals surface area (Å²) in [5, 5.41) is 28.1. The van der Waals surface area contributed by atoms with Crippen molar-refractivity contribution in [2.24, 2.45) is 0 Å². The first-order valence-corrected chi connectivity index (χ1v) is 6.59. The number of phenols is 2. The Labute approximate surface area is 96.5 Å². The molecule has 1 heterocycles. The maximum Gasteiger partial charge on any atom is 0.124 e. The van der Waals surface area contributed by atoms with E-state index in [2.05, 4.69) is 0 Å². The van der Waals surface area contributed by atoms with Crippen LogP contribution in [0.4, 0.5) is 0 Å². The van der Waals surface area contributed by atoms with E-state index in [1.54, 1.807) is 35.7 Å². The smallest absolute Gasteiger partial charge is 0.124 e. The van der Waals surface area contributed by atoms with Gasteiger partial charge in [-0.2, -0.15) is 0 Å². The average Bonchev–Trinajstić information content (AvgIpc) is 2.66. The molecule has 0 amide bonds. The Morgan fingerprint density at radius 3 is 2.73 bits per heavy atom. The Bertz CT molecular complexity index is 357. The largest absolute Gasteiger partial charge is 0.508 e. The fraction of sp³-hybridized carbons (Fsp3) is 0.400. The summed E-state index contributed by atoms with van der Waals surface area (Å²) in [6.07, 6.45) is 0. The minimum atomic E-state index is 0.0722. The van der Waals surface area contributed by atoms with Crippen molar-refractivity contribution in [3.8, 4) is 11.5 Å². The van der Waals surface area contributed by atoms with Crippen LogP contribution in [0, 0.1) is 0 Å². The van der Waals surface area contributed by atoms with Gasteiger partial charge < -0.3 is 15.3 Å². The van der Waals surface area contributed by atoms with Crippen molar-refractivity contribution in [3.05, 3.63) is 23.8 Å². The highest BCUT2D eigenvalue weighted by molar-refractivity contribution is 8.19. The quantitative estimate of drug-likeness (QED) is 0.742. The molecule has 2 rings (SSSR count). The van der Waals surface area contributed by atoms with Crippen LogP contribution in [0.1, 0.15) is 10.1 Å². The molecule has 0 aromatic heterocycles. The first kappa shape index (κ1) is 11.0. The molecule has 3 N–H and O–H groups in total. The van der Waals surface area contributed by atoms with Gasteiger partial charge in [-0.15, -0.1) is 23.5 Å². The van der Waals surface area contributed by atoms with E-state index in [-0.39, 0.29) is 27.9 Å². The van der Waals surface area contributed by atoms with Crippen LogP contribution in [0.2, 0.25) is 0 Å². The standard InChI is InChI=1S/C10H12O3S2/c11-4-7-5-14-10(15-7)8-2-1-6(12)3-9(8)13/h1-3,7,10-13H,4-5H2. The molecule has 0 spiro atoms. The molecule has 0 radical (unpaired) electrons. The highest BCUT2D eigenvalue weighted by Gasteiger charge is 2.28. The highest BCUT2D eigenvalue weighted by Crippen LogP contribution is 2.51. The Morgan fingerprint density at radius 2 is 2.13 bits per heavy atom. The van der Waals surface area contributed by atoms with Gasteiger partial charge in [-0.05, 0) is 12.1 Å². The average molecular weight is 244 g/mol. The number of thioether (sulfide) groups is 2. The summed E-state index contributed by atoms with van der Waals surface area (Å²) in [7, 11) is 0. The second-order valence-corrected chi connectivity index (χ2v) is 6.20. The van der Waals surface area contributed by atoms with E-state index in [9.17, 15) is 5.11 Å². The topological polar surface area (TPSA) is 60.7 Å². The van der Waals surface area contributed by atoms with Crippen molar-refractivity contribution in [3.63, 3.8) is 0 Å².